The van der Waals surface area contributed by atoms with E-state index in [2.05, 4.69) is 6.08 Å². The Balaban J connectivity index is 1.84. The maximum Gasteiger partial charge on any atom is 0.410 e. The van der Waals surface area contributed by atoms with Crippen molar-refractivity contribution in [3.05, 3.63) is 11.6 Å². The number of ether oxygens (including phenoxy) is 1. The van der Waals surface area contributed by atoms with Gasteiger partial charge in [-0.15, -0.1) is 0 Å². The standard InChI is InChI=1S/C11H17NO2/c1-9-4-7-12(8-9)10(13)14-11(2)5-3-6-11/h4H,3,5-8H2,1-2H3. The van der Waals surface area contributed by atoms with Gasteiger partial charge in [0.05, 0.1) is 0 Å². The van der Waals surface area contributed by atoms with Crippen LogP contribution in [0.5, 0.6) is 0 Å². The second-order valence-corrected chi connectivity index (χ2v) is 4.60. The lowest BCUT2D eigenvalue weighted by Crippen LogP contribution is -2.43. The molecule has 0 aromatic heterocycles. The van der Waals surface area contributed by atoms with Crippen LogP contribution in [0.25, 0.3) is 0 Å². The van der Waals surface area contributed by atoms with Crippen LogP contribution in [0.2, 0.25) is 0 Å². The summed E-state index contributed by atoms with van der Waals surface area (Å²) in [6.07, 6.45) is 5.13. The minimum absolute atomic E-state index is 0.152. The topological polar surface area (TPSA) is 29.5 Å². The minimum atomic E-state index is -0.173. The molecule has 0 bridgehead atoms. The van der Waals surface area contributed by atoms with Crippen LogP contribution in [0.3, 0.4) is 0 Å². The molecular formula is C11H17NO2. The molecule has 2 rings (SSSR count). The molecule has 2 aliphatic rings. The van der Waals surface area contributed by atoms with Crippen molar-refractivity contribution in [1.82, 2.24) is 4.90 Å². The SMILES string of the molecule is CC1=CCN(C(=O)OC2(C)CCC2)C1. The van der Waals surface area contributed by atoms with E-state index in [1.165, 1.54) is 12.0 Å². The van der Waals surface area contributed by atoms with Crippen LogP contribution in [0.1, 0.15) is 33.1 Å². The molecule has 1 fully saturated rings. The van der Waals surface area contributed by atoms with Crippen molar-refractivity contribution in [2.45, 2.75) is 38.7 Å². The number of carbonyl (C=O) groups is 1. The monoisotopic (exact) mass is 195 g/mol. The van der Waals surface area contributed by atoms with Gasteiger partial charge in [-0.1, -0.05) is 11.6 Å². The van der Waals surface area contributed by atoms with E-state index in [0.717, 1.165) is 19.4 Å². The zero-order valence-electron chi connectivity index (χ0n) is 8.88. The Morgan fingerprint density at radius 2 is 2.29 bits per heavy atom. The Bertz CT molecular complexity index is 279. The first-order valence-electron chi connectivity index (χ1n) is 5.23. The molecular weight excluding hydrogens is 178 g/mol. The predicted octanol–water partition coefficient (Wildman–Crippen LogP) is 2.33. The van der Waals surface area contributed by atoms with E-state index in [1.807, 2.05) is 13.8 Å². The van der Waals surface area contributed by atoms with Crippen molar-refractivity contribution < 1.29 is 9.53 Å². The maximum atomic E-state index is 11.7. The van der Waals surface area contributed by atoms with Crippen LogP contribution in [-0.2, 0) is 4.74 Å². The molecule has 14 heavy (non-hydrogen) atoms. The van der Waals surface area contributed by atoms with Crippen molar-refractivity contribution in [1.29, 1.82) is 0 Å². The first-order valence-corrected chi connectivity index (χ1v) is 5.23. The summed E-state index contributed by atoms with van der Waals surface area (Å²) in [7, 11) is 0. The van der Waals surface area contributed by atoms with Gasteiger partial charge < -0.3 is 9.64 Å². The molecule has 0 aromatic carbocycles. The van der Waals surface area contributed by atoms with Crippen LogP contribution >= 0.6 is 0 Å². The fourth-order valence-corrected chi connectivity index (χ4v) is 1.89. The lowest BCUT2D eigenvalue weighted by Gasteiger charge is -2.38. The third kappa shape index (κ3) is 1.76. The smallest absolute Gasteiger partial charge is 0.410 e. The molecule has 3 heteroatoms. The molecule has 1 heterocycles. The minimum Gasteiger partial charge on any atom is -0.443 e. The van der Waals surface area contributed by atoms with Crippen LogP contribution < -0.4 is 0 Å². The number of carbonyl (C=O) groups excluding carboxylic acids is 1. The van der Waals surface area contributed by atoms with E-state index in [9.17, 15) is 4.79 Å². The zero-order chi connectivity index (χ0) is 10.2. The molecule has 78 valence electrons. The maximum absolute atomic E-state index is 11.7. The van der Waals surface area contributed by atoms with Crippen LogP contribution in [0.15, 0.2) is 11.6 Å². The molecule has 1 saturated carbocycles. The molecule has 1 aliphatic carbocycles. The number of rotatable bonds is 1. The van der Waals surface area contributed by atoms with Gasteiger partial charge in [-0.3, -0.25) is 0 Å². The van der Waals surface area contributed by atoms with Gasteiger partial charge in [-0.05, 0) is 33.1 Å². The number of nitrogens with zero attached hydrogens (tertiary/aromatic N) is 1. The molecule has 0 aromatic rings. The van der Waals surface area contributed by atoms with Crippen molar-refractivity contribution in [2.24, 2.45) is 0 Å². The largest absolute Gasteiger partial charge is 0.443 e. The second-order valence-electron chi connectivity index (χ2n) is 4.60. The molecule has 1 aliphatic heterocycles. The normalized spacial score (nSPS) is 24.1. The molecule has 1 amide bonds. The van der Waals surface area contributed by atoms with Gasteiger partial charge >= 0.3 is 6.09 Å². The quantitative estimate of drug-likeness (QED) is 0.601. The second kappa shape index (κ2) is 3.30. The average Bonchev–Trinajstić information content (AvgIpc) is 2.49. The Labute approximate surface area is 84.7 Å². The zero-order valence-corrected chi connectivity index (χ0v) is 8.88. The van der Waals surface area contributed by atoms with E-state index >= 15 is 0 Å². The molecule has 3 nitrogen and oxygen atoms in total. The van der Waals surface area contributed by atoms with Gasteiger partial charge in [0.1, 0.15) is 5.60 Å². The van der Waals surface area contributed by atoms with Crippen molar-refractivity contribution >= 4 is 6.09 Å². The Kier molecular flexibility index (Phi) is 2.25. The summed E-state index contributed by atoms with van der Waals surface area (Å²) in [6, 6.07) is 0. The summed E-state index contributed by atoms with van der Waals surface area (Å²) in [6.45, 7) is 5.50. The summed E-state index contributed by atoms with van der Waals surface area (Å²) in [5, 5.41) is 0. The van der Waals surface area contributed by atoms with Crippen LogP contribution in [-0.4, -0.2) is 29.7 Å². The van der Waals surface area contributed by atoms with Gasteiger partial charge in [0.2, 0.25) is 0 Å². The van der Waals surface area contributed by atoms with Crippen molar-refractivity contribution in [3.63, 3.8) is 0 Å². The predicted molar refractivity (Wildman–Crippen MR) is 54.1 cm³/mol. The fourth-order valence-electron chi connectivity index (χ4n) is 1.89. The first kappa shape index (κ1) is 9.56. The summed E-state index contributed by atoms with van der Waals surface area (Å²) in [5.41, 5.74) is 1.08. The molecule has 0 unspecified atom stereocenters. The highest BCUT2D eigenvalue weighted by atomic mass is 16.6. The molecule has 0 saturated heterocycles. The van der Waals surface area contributed by atoms with Gasteiger partial charge in [0.15, 0.2) is 0 Å². The number of hydrogen-bond acceptors (Lipinski definition) is 2. The van der Waals surface area contributed by atoms with E-state index in [0.29, 0.717) is 6.54 Å². The molecule has 0 atom stereocenters. The highest BCUT2D eigenvalue weighted by Crippen LogP contribution is 2.35. The van der Waals surface area contributed by atoms with Gasteiger partial charge in [-0.25, -0.2) is 4.79 Å². The van der Waals surface area contributed by atoms with Crippen LogP contribution in [0, 0.1) is 0 Å². The van der Waals surface area contributed by atoms with Crippen molar-refractivity contribution in [3.8, 4) is 0 Å². The van der Waals surface area contributed by atoms with E-state index in [-0.39, 0.29) is 11.7 Å². The number of hydrogen-bond donors (Lipinski definition) is 0. The third-order valence-corrected chi connectivity index (χ3v) is 3.10. The molecule has 0 spiro atoms. The van der Waals surface area contributed by atoms with E-state index in [1.54, 1.807) is 4.90 Å². The van der Waals surface area contributed by atoms with Gasteiger partial charge in [0.25, 0.3) is 0 Å². The summed E-state index contributed by atoms with van der Waals surface area (Å²) < 4.78 is 5.46. The lowest BCUT2D eigenvalue weighted by atomic mass is 9.82. The highest BCUT2D eigenvalue weighted by Gasteiger charge is 2.37. The van der Waals surface area contributed by atoms with E-state index in [4.69, 9.17) is 4.74 Å². The Morgan fingerprint density at radius 1 is 1.57 bits per heavy atom. The fraction of sp³-hybridized carbons (Fsp3) is 0.727. The summed E-state index contributed by atoms with van der Waals surface area (Å²) in [5.74, 6) is 0. The van der Waals surface area contributed by atoms with Gasteiger partial charge in [0, 0.05) is 13.1 Å². The third-order valence-electron chi connectivity index (χ3n) is 3.10. The Hall–Kier alpha value is -0.990. The Morgan fingerprint density at radius 3 is 2.71 bits per heavy atom. The average molecular weight is 195 g/mol. The lowest BCUT2D eigenvalue weighted by molar-refractivity contribution is -0.0451. The molecule has 0 N–H and O–H groups in total. The van der Waals surface area contributed by atoms with Crippen molar-refractivity contribution in [2.75, 3.05) is 13.1 Å². The highest BCUT2D eigenvalue weighted by molar-refractivity contribution is 5.69. The number of amides is 1. The van der Waals surface area contributed by atoms with Crippen LogP contribution in [0.4, 0.5) is 4.79 Å². The molecule has 0 radical (unpaired) electrons. The van der Waals surface area contributed by atoms with E-state index < -0.39 is 0 Å². The van der Waals surface area contributed by atoms with Gasteiger partial charge in [-0.2, -0.15) is 0 Å². The first-order chi connectivity index (χ1) is 6.59. The summed E-state index contributed by atoms with van der Waals surface area (Å²) in [4.78, 5) is 13.4. The summed E-state index contributed by atoms with van der Waals surface area (Å²) >= 11 is 0.